The highest BCUT2D eigenvalue weighted by atomic mass is 32.2. The number of hydrogen-bond donors (Lipinski definition) is 2. The third kappa shape index (κ3) is 4.52. The van der Waals surface area contributed by atoms with Crippen LogP contribution in [-0.2, 0) is 16.6 Å². The second kappa shape index (κ2) is 7.55. The number of hydrogen-bond acceptors (Lipinski definition) is 4. The Bertz CT molecular complexity index is 570. The van der Waals surface area contributed by atoms with E-state index in [1.165, 1.54) is 0 Å². The molecule has 22 heavy (non-hydrogen) atoms. The van der Waals surface area contributed by atoms with Crippen molar-refractivity contribution in [2.75, 3.05) is 20.6 Å². The van der Waals surface area contributed by atoms with E-state index in [9.17, 15) is 8.42 Å². The van der Waals surface area contributed by atoms with Crippen molar-refractivity contribution in [3.05, 3.63) is 29.8 Å². The Balaban J connectivity index is 2.09. The normalized spacial score (nSPS) is 22.9. The van der Waals surface area contributed by atoms with Gasteiger partial charge in [-0.25, -0.2) is 13.1 Å². The van der Waals surface area contributed by atoms with E-state index < -0.39 is 10.0 Å². The summed E-state index contributed by atoms with van der Waals surface area (Å²) in [6.45, 7) is 1.33. The third-order valence-corrected chi connectivity index (χ3v) is 5.76. The molecule has 0 aliphatic heterocycles. The molecule has 0 amide bonds. The quantitative estimate of drug-likeness (QED) is 0.832. The lowest BCUT2D eigenvalue weighted by molar-refractivity contribution is 0.296. The Hall–Kier alpha value is -0.950. The smallest absolute Gasteiger partial charge is 0.240 e. The van der Waals surface area contributed by atoms with Crippen LogP contribution in [0.5, 0.6) is 0 Å². The summed E-state index contributed by atoms with van der Waals surface area (Å²) < 4.78 is 27.9. The standard InChI is InChI=1S/C16H27N3O2S/c1-19(2)12-13-7-9-15(10-8-13)22(20,21)18-16-6-4-3-5-14(16)11-17/h7-10,14,16,18H,3-6,11-12,17H2,1-2H3. The number of benzene rings is 1. The van der Waals surface area contributed by atoms with E-state index in [2.05, 4.69) is 9.62 Å². The zero-order valence-electron chi connectivity index (χ0n) is 13.5. The van der Waals surface area contributed by atoms with E-state index in [0.29, 0.717) is 11.4 Å². The second-order valence-corrected chi connectivity index (χ2v) is 8.10. The predicted molar refractivity (Wildman–Crippen MR) is 89.0 cm³/mol. The molecule has 1 fully saturated rings. The van der Waals surface area contributed by atoms with Gasteiger partial charge in [0.25, 0.3) is 0 Å². The molecule has 0 saturated heterocycles. The lowest BCUT2D eigenvalue weighted by Gasteiger charge is -2.31. The minimum Gasteiger partial charge on any atom is -0.330 e. The van der Waals surface area contributed by atoms with Gasteiger partial charge in [0.1, 0.15) is 0 Å². The molecule has 3 N–H and O–H groups in total. The molecule has 0 radical (unpaired) electrons. The number of rotatable bonds is 6. The first-order chi connectivity index (χ1) is 10.4. The monoisotopic (exact) mass is 325 g/mol. The van der Waals surface area contributed by atoms with Crippen molar-refractivity contribution in [3.8, 4) is 0 Å². The summed E-state index contributed by atoms with van der Waals surface area (Å²) in [5, 5.41) is 0. The van der Waals surface area contributed by atoms with Crippen LogP contribution in [0, 0.1) is 5.92 Å². The van der Waals surface area contributed by atoms with Crippen molar-refractivity contribution in [2.45, 2.75) is 43.2 Å². The number of sulfonamides is 1. The average Bonchev–Trinajstić information content (AvgIpc) is 2.47. The zero-order chi connectivity index (χ0) is 16.2. The second-order valence-electron chi connectivity index (χ2n) is 6.39. The van der Waals surface area contributed by atoms with Crippen LogP contribution in [0.1, 0.15) is 31.2 Å². The lowest BCUT2D eigenvalue weighted by atomic mass is 9.85. The van der Waals surface area contributed by atoms with Crippen LogP contribution < -0.4 is 10.5 Å². The molecule has 1 aliphatic rings. The first-order valence-electron chi connectivity index (χ1n) is 7.88. The summed E-state index contributed by atoms with van der Waals surface area (Å²) in [6.07, 6.45) is 4.08. The molecule has 1 aromatic carbocycles. The van der Waals surface area contributed by atoms with Crippen LogP contribution in [0.3, 0.4) is 0 Å². The molecule has 0 bridgehead atoms. The molecule has 2 atom stereocenters. The molecular weight excluding hydrogens is 298 g/mol. The van der Waals surface area contributed by atoms with E-state index in [4.69, 9.17) is 5.73 Å². The molecule has 124 valence electrons. The van der Waals surface area contributed by atoms with Crippen molar-refractivity contribution in [2.24, 2.45) is 11.7 Å². The van der Waals surface area contributed by atoms with Crippen molar-refractivity contribution in [1.29, 1.82) is 0 Å². The Morgan fingerprint density at radius 3 is 2.41 bits per heavy atom. The Morgan fingerprint density at radius 2 is 1.82 bits per heavy atom. The van der Waals surface area contributed by atoms with Gasteiger partial charge in [-0.2, -0.15) is 0 Å². The molecule has 0 heterocycles. The molecule has 1 aromatic rings. The first kappa shape index (κ1) is 17.4. The van der Waals surface area contributed by atoms with Gasteiger partial charge in [-0.05, 0) is 57.1 Å². The highest BCUT2D eigenvalue weighted by Crippen LogP contribution is 2.25. The van der Waals surface area contributed by atoms with E-state index in [1.807, 2.05) is 26.2 Å². The fourth-order valence-electron chi connectivity index (χ4n) is 3.05. The van der Waals surface area contributed by atoms with Crippen LogP contribution in [0.25, 0.3) is 0 Å². The summed E-state index contributed by atoms with van der Waals surface area (Å²) in [5.74, 6) is 0.247. The molecular formula is C16H27N3O2S. The molecule has 5 nitrogen and oxygen atoms in total. The maximum atomic E-state index is 12.5. The van der Waals surface area contributed by atoms with Crippen molar-refractivity contribution >= 4 is 10.0 Å². The van der Waals surface area contributed by atoms with E-state index >= 15 is 0 Å². The van der Waals surface area contributed by atoms with Crippen molar-refractivity contribution in [1.82, 2.24) is 9.62 Å². The van der Waals surface area contributed by atoms with E-state index in [0.717, 1.165) is 37.8 Å². The summed E-state index contributed by atoms with van der Waals surface area (Å²) in [5.41, 5.74) is 6.88. The predicted octanol–water partition coefficient (Wildman–Crippen LogP) is 1.54. The molecule has 2 unspecified atom stereocenters. The molecule has 2 rings (SSSR count). The van der Waals surface area contributed by atoms with Gasteiger partial charge in [0.2, 0.25) is 10.0 Å². The summed E-state index contributed by atoms with van der Waals surface area (Å²) in [6, 6.07) is 7.07. The molecule has 0 aromatic heterocycles. The number of nitrogens with two attached hydrogens (primary N) is 1. The van der Waals surface area contributed by atoms with Gasteiger partial charge >= 0.3 is 0 Å². The van der Waals surface area contributed by atoms with E-state index in [1.54, 1.807) is 12.1 Å². The summed E-state index contributed by atoms with van der Waals surface area (Å²) in [7, 11) is 0.509. The topological polar surface area (TPSA) is 75.4 Å². The van der Waals surface area contributed by atoms with Gasteiger partial charge in [-0.3, -0.25) is 0 Å². The fourth-order valence-corrected chi connectivity index (χ4v) is 4.39. The largest absolute Gasteiger partial charge is 0.330 e. The van der Waals surface area contributed by atoms with Crippen molar-refractivity contribution in [3.63, 3.8) is 0 Å². The third-order valence-electron chi connectivity index (χ3n) is 4.25. The first-order valence-corrected chi connectivity index (χ1v) is 9.37. The minimum absolute atomic E-state index is 0.0369. The Labute approximate surface area is 133 Å². The number of nitrogens with one attached hydrogen (secondary N) is 1. The van der Waals surface area contributed by atoms with Gasteiger partial charge in [-0.15, -0.1) is 0 Å². The average molecular weight is 325 g/mol. The van der Waals surface area contributed by atoms with Crippen LogP contribution in [0.15, 0.2) is 29.2 Å². The van der Waals surface area contributed by atoms with Crippen LogP contribution in [0.4, 0.5) is 0 Å². The van der Waals surface area contributed by atoms with Gasteiger partial charge in [0.05, 0.1) is 4.90 Å². The SMILES string of the molecule is CN(C)Cc1ccc(S(=O)(=O)NC2CCCCC2CN)cc1. The molecule has 1 aliphatic carbocycles. The molecule has 1 saturated carbocycles. The fraction of sp³-hybridized carbons (Fsp3) is 0.625. The summed E-state index contributed by atoms with van der Waals surface area (Å²) >= 11 is 0. The number of nitrogens with zero attached hydrogens (tertiary/aromatic N) is 1. The van der Waals surface area contributed by atoms with Gasteiger partial charge in [0, 0.05) is 12.6 Å². The van der Waals surface area contributed by atoms with Crippen LogP contribution in [0.2, 0.25) is 0 Å². The maximum absolute atomic E-state index is 12.5. The minimum atomic E-state index is -3.47. The van der Waals surface area contributed by atoms with Gasteiger partial charge in [0.15, 0.2) is 0 Å². The Kier molecular flexibility index (Phi) is 5.97. The van der Waals surface area contributed by atoms with Crippen molar-refractivity contribution < 1.29 is 8.42 Å². The summed E-state index contributed by atoms with van der Waals surface area (Å²) in [4.78, 5) is 2.38. The highest BCUT2D eigenvalue weighted by molar-refractivity contribution is 7.89. The van der Waals surface area contributed by atoms with Gasteiger partial charge < -0.3 is 10.6 Å². The van der Waals surface area contributed by atoms with Crippen LogP contribution in [-0.4, -0.2) is 40.0 Å². The van der Waals surface area contributed by atoms with Gasteiger partial charge in [-0.1, -0.05) is 25.0 Å². The lowest BCUT2D eigenvalue weighted by Crippen LogP contribution is -2.44. The zero-order valence-corrected chi connectivity index (χ0v) is 14.3. The van der Waals surface area contributed by atoms with Crippen LogP contribution >= 0.6 is 0 Å². The Morgan fingerprint density at radius 1 is 1.18 bits per heavy atom. The maximum Gasteiger partial charge on any atom is 0.240 e. The highest BCUT2D eigenvalue weighted by Gasteiger charge is 2.28. The molecule has 6 heteroatoms. The molecule has 0 spiro atoms. The van der Waals surface area contributed by atoms with E-state index in [-0.39, 0.29) is 12.0 Å².